The first kappa shape index (κ1) is 14.0. The molecule has 0 amide bonds. The van der Waals surface area contributed by atoms with Crippen molar-refractivity contribution >= 4 is 5.97 Å². The van der Waals surface area contributed by atoms with Crippen LogP contribution in [0.2, 0.25) is 0 Å². The van der Waals surface area contributed by atoms with Crippen LogP contribution in [0.5, 0.6) is 0 Å². The summed E-state index contributed by atoms with van der Waals surface area (Å²) >= 11 is 0. The molecule has 2 atom stereocenters. The number of rotatable bonds is 3. The fourth-order valence-electron chi connectivity index (χ4n) is 2.89. The molecule has 4 heteroatoms. The Bertz CT molecular complexity index is 473. The second-order valence-electron chi connectivity index (χ2n) is 5.33. The first-order valence-electron chi connectivity index (χ1n) is 6.77. The standard InChI is InChI=1S/C15H22N2O2/c1-10-4-5-13(11(2)8-10)12(3)17-7-6-16-9-14(17)15(18)19/h4-5,8,12,14,16H,6-7,9H2,1-3H3,(H,18,19). The van der Waals surface area contributed by atoms with E-state index in [1.54, 1.807) is 0 Å². The Balaban J connectivity index is 2.25. The molecule has 1 heterocycles. The SMILES string of the molecule is Cc1ccc(C(C)N2CCNCC2C(=O)O)c(C)c1. The monoisotopic (exact) mass is 262 g/mol. The van der Waals surface area contributed by atoms with Gasteiger partial charge in [-0.05, 0) is 31.9 Å². The third-order valence-electron chi connectivity index (χ3n) is 3.94. The van der Waals surface area contributed by atoms with Gasteiger partial charge in [0.05, 0.1) is 0 Å². The molecule has 1 aliphatic heterocycles. The van der Waals surface area contributed by atoms with E-state index in [0.717, 1.165) is 13.1 Å². The second-order valence-corrected chi connectivity index (χ2v) is 5.33. The maximum atomic E-state index is 11.4. The molecule has 104 valence electrons. The van der Waals surface area contributed by atoms with Crippen molar-refractivity contribution in [2.75, 3.05) is 19.6 Å². The van der Waals surface area contributed by atoms with E-state index in [1.807, 2.05) is 0 Å². The van der Waals surface area contributed by atoms with Gasteiger partial charge >= 0.3 is 5.97 Å². The topological polar surface area (TPSA) is 52.6 Å². The van der Waals surface area contributed by atoms with Gasteiger partial charge < -0.3 is 10.4 Å². The normalized spacial score (nSPS) is 22.2. The number of carboxylic acid groups (broad SMARTS) is 1. The van der Waals surface area contributed by atoms with Gasteiger partial charge in [-0.1, -0.05) is 23.8 Å². The summed E-state index contributed by atoms with van der Waals surface area (Å²) in [5, 5.41) is 12.5. The Morgan fingerprint density at radius 3 is 2.84 bits per heavy atom. The van der Waals surface area contributed by atoms with Crippen molar-refractivity contribution in [3.63, 3.8) is 0 Å². The number of hydrogen-bond acceptors (Lipinski definition) is 3. The summed E-state index contributed by atoms with van der Waals surface area (Å²) < 4.78 is 0. The quantitative estimate of drug-likeness (QED) is 0.871. The zero-order valence-electron chi connectivity index (χ0n) is 11.8. The van der Waals surface area contributed by atoms with E-state index in [2.05, 4.69) is 49.2 Å². The van der Waals surface area contributed by atoms with Gasteiger partial charge in [0.2, 0.25) is 0 Å². The predicted octanol–water partition coefficient (Wildman–Crippen LogP) is 1.72. The summed E-state index contributed by atoms with van der Waals surface area (Å²) in [5.74, 6) is -0.746. The highest BCUT2D eigenvalue weighted by molar-refractivity contribution is 5.74. The number of hydrogen-bond donors (Lipinski definition) is 2. The van der Waals surface area contributed by atoms with Gasteiger partial charge in [-0.25, -0.2) is 0 Å². The van der Waals surface area contributed by atoms with E-state index in [4.69, 9.17) is 0 Å². The predicted molar refractivity (Wildman–Crippen MR) is 75.3 cm³/mol. The average Bonchev–Trinajstić information content (AvgIpc) is 2.38. The van der Waals surface area contributed by atoms with Gasteiger partial charge in [-0.2, -0.15) is 0 Å². The lowest BCUT2D eigenvalue weighted by Gasteiger charge is -2.38. The van der Waals surface area contributed by atoms with E-state index in [1.165, 1.54) is 16.7 Å². The third kappa shape index (κ3) is 2.96. The molecular formula is C15H22N2O2. The lowest BCUT2D eigenvalue weighted by Crippen LogP contribution is -2.55. The maximum absolute atomic E-state index is 11.4. The molecule has 1 fully saturated rings. The van der Waals surface area contributed by atoms with Crippen LogP contribution in [-0.2, 0) is 4.79 Å². The highest BCUT2D eigenvalue weighted by Crippen LogP contribution is 2.26. The summed E-state index contributed by atoms with van der Waals surface area (Å²) in [6, 6.07) is 6.06. The maximum Gasteiger partial charge on any atom is 0.322 e. The van der Waals surface area contributed by atoms with E-state index in [-0.39, 0.29) is 6.04 Å². The van der Waals surface area contributed by atoms with Crippen molar-refractivity contribution in [1.82, 2.24) is 10.2 Å². The molecule has 1 saturated heterocycles. The van der Waals surface area contributed by atoms with Gasteiger partial charge in [-0.15, -0.1) is 0 Å². The van der Waals surface area contributed by atoms with Crippen LogP contribution < -0.4 is 5.32 Å². The Hall–Kier alpha value is -1.39. The van der Waals surface area contributed by atoms with Crippen LogP contribution >= 0.6 is 0 Å². The van der Waals surface area contributed by atoms with Gasteiger partial charge in [0, 0.05) is 25.7 Å². The van der Waals surface area contributed by atoms with Gasteiger partial charge in [0.1, 0.15) is 6.04 Å². The summed E-state index contributed by atoms with van der Waals surface area (Å²) in [4.78, 5) is 13.4. The molecule has 0 saturated carbocycles. The van der Waals surface area contributed by atoms with E-state index in [0.29, 0.717) is 6.54 Å². The number of carboxylic acids is 1. The summed E-state index contributed by atoms with van der Waals surface area (Å²) in [5.41, 5.74) is 3.69. The molecule has 1 aromatic rings. The van der Waals surface area contributed by atoms with Gasteiger partial charge in [0.15, 0.2) is 0 Å². The summed E-state index contributed by atoms with van der Waals surface area (Å²) in [6.45, 7) is 8.40. The lowest BCUT2D eigenvalue weighted by molar-refractivity contribution is -0.145. The molecule has 0 radical (unpaired) electrons. The van der Waals surface area contributed by atoms with E-state index in [9.17, 15) is 9.90 Å². The smallest absolute Gasteiger partial charge is 0.322 e. The Kier molecular flexibility index (Phi) is 4.22. The number of carbonyl (C=O) groups is 1. The molecule has 0 aromatic heterocycles. The zero-order valence-corrected chi connectivity index (χ0v) is 11.8. The van der Waals surface area contributed by atoms with Crippen molar-refractivity contribution in [2.45, 2.75) is 32.9 Å². The summed E-state index contributed by atoms with van der Waals surface area (Å²) in [6.07, 6.45) is 0. The average molecular weight is 262 g/mol. The van der Waals surface area contributed by atoms with Crippen LogP contribution in [-0.4, -0.2) is 41.7 Å². The van der Waals surface area contributed by atoms with Crippen LogP contribution in [0.15, 0.2) is 18.2 Å². The van der Waals surface area contributed by atoms with E-state index >= 15 is 0 Å². The largest absolute Gasteiger partial charge is 0.480 e. The van der Waals surface area contributed by atoms with Crippen LogP contribution in [0, 0.1) is 13.8 Å². The zero-order chi connectivity index (χ0) is 14.0. The third-order valence-corrected chi connectivity index (χ3v) is 3.94. The Morgan fingerprint density at radius 2 is 2.21 bits per heavy atom. The fourth-order valence-corrected chi connectivity index (χ4v) is 2.89. The van der Waals surface area contributed by atoms with Crippen molar-refractivity contribution < 1.29 is 9.90 Å². The number of benzene rings is 1. The molecule has 1 aliphatic rings. The van der Waals surface area contributed by atoms with Crippen molar-refractivity contribution in [2.24, 2.45) is 0 Å². The minimum Gasteiger partial charge on any atom is -0.480 e. The van der Waals surface area contributed by atoms with Crippen LogP contribution in [0.25, 0.3) is 0 Å². The molecule has 2 unspecified atom stereocenters. The molecule has 4 nitrogen and oxygen atoms in total. The van der Waals surface area contributed by atoms with E-state index < -0.39 is 12.0 Å². The van der Waals surface area contributed by atoms with Crippen molar-refractivity contribution in [3.05, 3.63) is 34.9 Å². The molecule has 19 heavy (non-hydrogen) atoms. The Morgan fingerprint density at radius 1 is 1.47 bits per heavy atom. The van der Waals surface area contributed by atoms with Crippen molar-refractivity contribution in [3.8, 4) is 0 Å². The number of piperazine rings is 1. The second kappa shape index (κ2) is 5.72. The molecule has 0 spiro atoms. The molecule has 0 bridgehead atoms. The fraction of sp³-hybridized carbons (Fsp3) is 0.533. The first-order valence-corrected chi connectivity index (χ1v) is 6.77. The number of nitrogens with zero attached hydrogens (tertiary/aromatic N) is 1. The molecule has 2 rings (SSSR count). The Labute approximate surface area is 114 Å². The minimum atomic E-state index is -0.746. The summed E-state index contributed by atoms with van der Waals surface area (Å²) in [7, 11) is 0. The number of aryl methyl sites for hydroxylation is 2. The molecular weight excluding hydrogens is 240 g/mol. The molecule has 2 N–H and O–H groups in total. The number of nitrogens with one attached hydrogen (secondary N) is 1. The van der Waals surface area contributed by atoms with Crippen LogP contribution in [0.4, 0.5) is 0 Å². The minimum absolute atomic E-state index is 0.129. The van der Waals surface area contributed by atoms with Gasteiger partial charge in [-0.3, -0.25) is 9.69 Å². The number of aliphatic carboxylic acids is 1. The van der Waals surface area contributed by atoms with Gasteiger partial charge in [0.25, 0.3) is 0 Å². The highest BCUT2D eigenvalue weighted by atomic mass is 16.4. The van der Waals surface area contributed by atoms with Crippen LogP contribution in [0.3, 0.4) is 0 Å². The van der Waals surface area contributed by atoms with Crippen molar-refractivity contribution in [1.29, 1.82) is 0 Å². The van der Waals surface area contributed by atoms with Crippen LogP contribution in [0.1, 0.15) is 29.7 Å². The highest BCUT2D eigenvalue weighted by Gasteiger charge is 2.32. The first-order chi connectivity index (χ1) is 9.00. The molecule has 1 aromatic carbocycles. The lowest BCUT2D eigenvalue weighted by atomic mass is 9.97. The molecule has 0 aliphatic carbocycles.